The van der Waals surface area contributed by atoms with E-state index in [4.69, 9.17) is 9.15 Å². The number of pyridine rings is 1. The Morgan fingerprint density at radius 2 is 2.05 bits per heavy atom. The van der Waals surface area contributed by atoms with Crippen LogP contribution in [0.3, 0.4) is 0 Å². The fraction of sp³-hybridized carbons (Fsp3) is 0.345. The molecular weight excluding hydrogens is 496 g/mol. The topological polar surface area (TPSA) is 123 Å². The maximum Gasteiger partial charge on any atom is 0.417 e. The van der Waals surface area contributed by atoms with Crippen molar-refractivity contribution in [3.8, 4) is 28.7 Å². The first-order valence-corrected chi connectivity index (χ1v) is 12.7. The molecule has 202 valence electrons. The van der Waals surface area contributed by atoms with Gasteiger partial charge in [0.15, 0.2) is 11.3 Å². The molecule has 0 amide bonds. The van der Waals surface area contributed by atoms with Crippen LogP contribution in [0.25, 0.3) is 27.9 Å². The van der Waals surface area contributed by atoms with Crippen LogP contribution in [-0.2, 0) is 13.6 Å². The summed E-state index contributed by atoms with van der Waals surface area (Å²) in [6.45, 7) is 8.49. The van der Waals surface area contributed by atoms with E-state index in [0.29, 0.717) is 34.7 Å². The number of ether oxygens (including phenoxy) is 1. The molecule has 0 radical (unpaired) electrons. The third-order valence-electron chi connectivity index (χ3n) is 6.74. The highest BCUT2D eigenvalue weighted by molar-refractivity contribution is 5.89. The summed E-state index contributed by atoms with van der Waals surface area (Å²) in [4.78, 5) is 19.2. The van der Waals surface area contributed by atoms with Crippen LogP contribution in [0.15, 0.2) is 45.9 Å². The van der Waals surface area contributed by atoms with Crippen molar-refractivity contribution in [3.63, 3.8) is 0 Å². The van der Waals surface area contributed by atoms with E-state index in [0.717, 1.165) is 28.2 Å². The lowest BCUT2D eigenvalue weighted by atomic mass is 9.86. The van der Waals surface area contributed by atoms with Gasteiger partial charge in [-0.15, -0.1) is 0 Å². The number of hydrogen-bond donors (Lipinski definition) is 3. The first-order valence-electron chi connectivity index (χ1n) is 12.7. The van der Waals surface area contributed by atoms with Gasteiger partial charge in [-0.25, -0.2) is 9.78 Å². The number of nitrogens with one attached hydrogen (secondary N) is 2. The molecule has 1 unspecified atom stereocenters. The SMILES string of the molecule is CNCc1cnc2ccc(-c3ccc4oc(=O)[nH]c4c3OCC#Cc3c(C(O)C(C)(C)C)nn(C)c3C)cn12. The van der Waals surface area contributed by atoms with Gasteiger partial charge in [0.2, 0.25) is 0 Å². The van der Waals surface area contributed by atoms with Crippen molar-refractivity contribution in [1.82, 2.24) is 29.5 Å². The minimum Gasteiger partial charge on any atom is -0.478 e. The van der Waals surface area contributed by atoms with Crippen molar-refractivity contribution in [1.29, 1.82) is 0 Å². The maximum absolute atomic E-state index is 12.0. The molecule has 0 aliphatic heterocycles. The number of nitrogens with zero attached hydrogens (tertiary/aromatic N) is 4. The molecule has 10 heteroatoms. The second-order valence-corrected chi connectivity index (χ2v) is 10.6. The van der Waals surface area contributed by atoms with Crippen LogP contribution in [0.2, 0.25) is 0 Å². The summed E-state index contributed by atoms with van der Waals surface area (Å²) >= 11 is 0. The quantitative estimate of drug-likeness (QED) is 0.287. The molecule has 0 spiro atoms. The number of benzene rings is 1. The van der Waals surface area contributed by atoms with Crippen molar-refractivity contribution in [3.05, 3.63) is 69.9 Å². The van der Waals surface area contributed by atoms with Gasteiger partial charge in [-0.1, -0.05) is 32.6 Å². The highest BCUT2D eigenvalue weighted by Crippen LogP contribution is 2.36. The predicted octanol–water partition coefficient (Wildman–Crippen LogP) is 3.71. The van der Waals surface area contributed by atoms with Crippen LogP contribution in [0.1, 0.15) is 49.5 Å². The third kappa shape index (κ3) is 4.94. The van der Waals surface area contributed by atoms with E-state index in [1.165, 1.54) is 0 Å². The van der Waals surface area contributed by atoms with Crippen LogP contribution < -0.4 is 15.8 Å². The van der Waals surface area contributed by atoms with Crippen molar-refractivity contribution in [2.24, 2.45) is 12.5 Å². The average molecular weight is 529 g/mol. The lowest BCUT2D eigenvalue weighted by molar-refractivity contribution is 0.0582. The summed E-state index contributed by atoms with van der Waals surface area (Å²) in [5.74, 6) is 6.11. The van der Waals surface area contributed by atoms with Crippen molar-refractivity contribution < 1.29 is 14.3 Å². The fourth-order valence-corrected chi connectivity index (χ4v) is 4.50. The molecule has 39 heavy (non-hydrogen) atoms. The van der Waals surface area contributed by atoms with Gasteiger partial charge in [-0.2, -0.15) is 5.10 Å². The fourth-order valence-electron chi connectivity index (χ4n) is 4.50. The number of oxazole rings is 1. The molecule has 0 aliphatic carbocycles. The molecule has 1 atom stereocenters. The maximum atomic E-state index is 12.0. The normalized spacial score (nSPS) is 12.6. The molecule has 0 bridgehead atoms. The molecule has 10 nitrogen and oxygen atoms in total. The molecule has 5 aromatic rings. The zero-order valence-corrected chi connectivity index (χ0v) is 22.9. The molecule has 0 fully saturated rings. The van der Waals surface area contributed by atoms with E-state index in [9.17, 15) is 9.90 Å². The summed E-state index contributed by atoms with van der Waals surface area (Å²) in [5.41, 5.74) is 6.03. The minimum atomic E-state index is -0.773. The standard InChI is InChI=1S/C29H32N6O4/c1-17-20(24(33-34(17)6)27(36)29(2,3)4)8-7-13-38-26-21(10-11-22-25(26)32-28(37)39-22)18-9-12-23-31-15-19(14-30-5)35(23)16-18/h9-12,15-16,27,30,36H,13-14H2,1-6H3,(H,32,37). The Hall–Kier alpha value is -4.33. The Kier molecular flexibility index (Phi) is 6.80. The third-order valence-corrected chi connectivity index (χ3v) is 6.74. The smallest absolute Gasteiger partial charge is 0.417 e. The Morgan fingerprint density at radius 1 is 1.26 bits per heavy atom. The number of aromatic nitrogens is 5. The first kappa shape index (κ1) is 26.3. The zero-order valence-electron chi connectivity index (χ0n) is 22.9. The molecular formula is C29H32N6O4. The van der Waals surface area contributed by atoms with E-state index < -0.39 is 17.3 Å². The second-order valence-electron chi connectivity index (χ2n) is 10.6. The summed E-state index contributed by atoms with van der Waals surface area (Å²) in [6, 6.07) is 7.50. The molecule has 4 heterocycles. The monoisotopic (exact) mass is 528 g/mol. The van der Waals surface area contributed by atoms with E-state index in [1.807, 2.05) is 76.8 Å². The van der Waals surface area contributed by atoms with Gasteiger partial charge >= 0.3 is 5.76 Å². The Bertz CT molecular complexity index is 1790. The predicted molar refractivity (Wildman–Crippen MR) is 149 cm³/mol. The second kappa shape index (κ2) is 10.1. The number of aryl methyl sites for hydroxylation is 1. The van der Waals surface area contributed by atoms with Crippen LogP contribution in [0.4, 0.5) is 0 Å². The first-order chi connectivity index (χ1) is 18.6. The van der Waals surface area contributed by atoms with Crippen molar-refractivity contribution >= 4 is 16.7 Å². The van der Waals surface area contributed by atoms with Crippen molar-refractivity contribution in [2.45, 2.75) is 40.3 Å². The van der Waals surface area contributed by atoms with Gasteiger partial charge in [0.05, 0.1) is 23.1 Å². The minimum absolute atomic E-state index is 0.0387. The highest BCUT2D eigenvalue weighted by Gasteiger charge is 2.29. The molecule has 5 rings (SSSR count). The number of H-pyrrole nitrogens is 1. The van der Waals surface area contributed by atoms with Crippen LogP contribution in [0.5, 0.6) is 5.75 Å². The average Bonchev–Trinajstić information content (AvgIpc) is 3.56. The van der Waals surface area contributed by atoms with E-state index in [-0.39, 0.29) is 6.61 Å². The summed E-state index contributed by atoms with van der Waals surface area (Å²) in [6.07, 6.45) is 3.06. The summed E-state index contributed by atoms with van der Waals surface area (Å²) in [7, 11) is 3.72. The lowest BCUT2D eigenvalue weighted by Gasteiger charge is -2.24. The number of aromatic amines is 1. The number of hydrogen-bond acceptors (Lipinski definition) is 7. The van der Waals surface area contributed by atoms with Crippen molar-refractivity contribution in [2.75, 3.05) is 13.7 Å². The number of rotatable bonds is 6. The highest BCUT2D eigenvalue weighted by atomic mass is 16.5. The Balaban J connectivity index is 1.52. The van der Waals surface area contributed by atoms with Gasteiger partial charge in [0.25, 0.3) is 0 Å². The van der Waals surface area contributed by atoms with E-state index in [1.54, 1.807) is 10.7 Å². The van der Waals surface area contributed by atoms with Gasteiger partial charge in [0, 0.05) is 30.9 Å². The van der Waals surface area contributed by atoms with Crippen LogP contribution >= 0.6 is 0 Å². The van der Waals surface area contributed by atoms with E-state index in [2.05, 4.69) is 32.2 Å². The number of imidazole rings is 1. The largest absolute Gasteiger partial charge is 0.478 e. The molecule has 1 aromatic carbocycles. The Labute approximate surface area is 225 Å². The van der Waals surface area contributed by atoms with Gasteiger partial charge in [-0.3, -0.25) is 9.67 Å². The van der Waals surface area contributed by atoms with Crippen LogP contribution in [0, 0.1) is 24.2 Å². The number of aliphatic hydroxyl groups excluding tert-OH is 1. The molecule has 4 aromatic heterocycles. The van der Waals surface area contributed by atoms with Crippen LogP contribution in [-0.4, -0.2) is 42.9 Å². The number of fused-ring (bicyclic) bond motifs is 2. The van der Waals surface area contributed by atoms with Gasteiger partial charge in [-0.05, 0) is 43.7 Å². The Morgan fingerprint density at radius 3 is 2.79 bits per heavy atom. The van der Waals surface area contributed by atoms with Gasteiger partial charge in [0.1, 0.15) is 29.6 Å². The lowest BCUT2D eigenvalue weighted by Crippen LogP contribution is -2.19. The summed E-state index contributed by atoms with van der Waals surface area (Å²) in [5, 5.41) is 18.5. The molecule has 3 N–H and O–H groups in total. The molecule has 0 saturated heterocycles. The summed E-state index contributed by atoms with van der Waals surface area (Å²) < 4.78 is 15.2. The van der Waals surface area contributed by atoms with E-state index >= 15 is 0 Å². The molecule has 0 saturated carbocycles. The molecule has 0 aliphatic rings. The number of aliphatic hydroxyl groups is 1. The zero-order chi connectivity index (χ0) is 27.9. The van der Waals surface area contributed by atoms with Gasteiger partial charge < -0.3 is 24.0 Å².